The lowest BCUT2D eigenvalue weighted by Gasteiger charge is -2.15. The number of aromatic nitrogens is 5. The summed E-state index contributed by atoms with van der Waals surface area (Å²) in [6.07, 6.45) is 3.50. The lowest BCUT2D eigenvalue weighted by Crippen LogP contribution is -2.26. The zero-order valence-corrected chi connectivity index (χ0v) is 12.4. The van der Waals surface area contributed by atoms with Gasteiger partial charge in [0, 0.05) is 6.42 Å². The van der Waals surface area contributed by atoms with Crippen molar-refractivity contribution in [3.05, 3.63) is 52.0 Å². The van der Waals surface area contributed by atoms with Gasteiger partial charge in [0.15, 0.2) is 0 Å². The highest BCUT2D eigenvalue weighted by Gasteiger charge is 2.16. The number of hydrogen-bond acceptors (Lipinski definition) is 6. The minimum Gasteiger partial charge on any atom is -0.376 e. The number of nitrogens with one attached hydrogen (secondary N) is 2. The molecule has 120 valence electrons. The molecule has 0 radical (unpaired) electrons. The number of nitrogens with zero attached hydrogens (tertiary/aromatic N) is 4. The second-order valence-corrected chi connectivity index (χ2v) is 5.07. The first kappa shape index (κ1) is 15.1. The van der Waals surface area contributed by atoms with E-state index in [1.165, 1.54) is 6.08 Å². The molecule has 0 bridgehead atoms. The minimum absolute atomic E-state index is 0.178. The van der Waals surface area contributed by atoms with E-state index in [-0.39, 0.29) is 18.0 Å². The Kier molecular flexibility index (Phi) is 4.29. The van der Waals surface area contributed by atoms with E-state index in [1.807, 2.05) is 0 Å². The lowest BCUT2D eigenvalue weighted by molar-refractivity contribution is -0.116. The quantitative estimate of drug-likeness (QED) is 0.704. The molecule has 9 heteroatoms. The molecule has 2 aromatic rings. The molecule has 1 amide bonds. The number of rotatable bonds is 5. The van der Waals surface area contributed by atoms with Gasteiger partial charge in [-0.2, -0.15) is 0 Å². The third-order valence-electron chi connectivity index (χ3n) is 3.41. The summed E-state index contributed by atoms with van der Waals surface area (Å²) in [4.78, 5) is 30.3. The van der Waals surface area contributed by atoms with Crippen LogP contribution < -0.4 is 10.9 Å². The number of fused-ring (bicyclic) bond motifs is 1. The number of carbonyl (C=O) groups is 1. The molecule has 0 saturated carbocycles. The topological polar surface area (TPSA) is 115 Å². The van der Waals surface area contributed by atoms with E-state index in [4.69, 9.17) is 4.74 Å². The van der Waals surface area contributed by atoms with E-state index in [0.717, 1.165) is 5.69 Å². The highest BCUT2D eigenvalue weighted by Crippen LogP contribution is 2.10. The van der Waals surface area contributed by atoms with E-state index < -0.39 is 0 Å². The van der Waals surface area contributed by atoms with Crippen molar-refractivity contribution in [2.24, 2.45) is 0 Å². The van der Waals surface area contributed by atoms with Gasteiger partial charge in [-0.1, -0.05) is 11.8 Å². The van der Waals surface area contributed by atoms with Crippen LogP contribution in [0.5, 0.6) is 0 Å². The van der Waals surface area contributed by atoms with Crippen molar-refractivity contribution in [3.8, 4) is 0 Å². The van der Waals surface area contributed by atoms with Gasteiger partial charge < -0.3 is 15.0 Å². The molecule has 0 spiro atoms. The Morgan fingerprint density at radius 3 is 3.26 bits per heavy atom. The van der Waals surface area contributed by atoms with Crippen LogP contribution in [0.2, 0.25) is 0 Å². The maximum atomic E-state index is 12.0. The molecule has 0 saturated heterocycles. The van der Waals surface area contributed by atoms with Crippen LogP contribution in [0, 0.1) is 0 Å². The first-order chi connectivity index (χ1) is 11.2. The van der Waals surface area contributed by atoms with E-state index in [2.05, 4.69) is 32.2 Å². The molecule has 3 heterocycles. The predicted octanol–water partition coefficient (Wildman–Crippen LogP) is -0.715. The fourth-order valence-electron chi connectivity index (χ4n) is 2.27. The van der Waals surface area contributed by atoms with Crippen molar-refractivity contribution >= 4 is 5.91 Å². The summed E-state index contributed by atoms with van der Waals surface area (Å²) >= 11 is 0. The largest absolute Gasteiger partial charge is 0.376 e. The highest BCUT2D eigenvalue weighted by atomic mass is 16.5. The van der Waals surface area contributed by atoms with Crippen LogP contribution in [0.25, 0.3) is 0 Å². The van der Waals surface area contributed by atoms with Gasteiger partial charge in [0.05, 0.1) is 37.2 Å². The van der Waals surface area contributed by atoms with Gasteiger partial charge in [0.25, 0.3) is 5.56 Å². The summed E-state index contributed by atoms with van der Waals surface area (Å²) in [5.74, 6) is 0.240. The summed E-state index contributed by atoms with van der Waals surface area (Å²) in [5.41, 5.74) is 1.79. The highest BCUT2D eigenvalue weighted by molar-refractivity contribution is 5.86. The zero-order valence-electron chi connectivity index (χ0n) is 12.4. The normalized spacial score (nSPS) is 13.4. The molecule has 0 aromatic carbocycles. The van der Waals surface area contributed by atoms with E-state index in [9.17, 15) is 9.59 Å². The molecule has 2 N–H and O–H groups in total. The number of H-pyrrole nitrogens is 1. The summed E-state index contributed by atoms with van der Waals surface area (Å²) in [5, 5.41) is 10.5. The molecular weight excluding hydrogens is 300 g/mol. The Bertz CT molecular complexity index is 794. The van der Waals surface area contributed by atoms with Crippen molar-refractivity contribution in [1.82, 2.24) is 30.3 Å². The van der Waals surface area contributed by atoms with Gasteiger partial charge in [0.2, 0.25) is 5.91 Å². The molecule has 0 fully saturated rings. The zero-order chi connectivity index (χ0) is 16.2. The lowest BCUT2D eigenvalue weighted by atomic mass is 10.1. The van der Waals surface area contributed by atoms with Gasteiger partial charge in [-0.25, -0.2) is 9.67 Å². The van der Waals surface area contributed by atoms with E-state index in [1.54, 1.807) is 10.9 Å². The number of hydrogen-bond donors (Lipinski definition) is 2. The fourth-order valence-corrected chi connectivity index (χ4v) is 2.27. The summed E-state index contributed by atoms with van der Waals surface area (Å²) in [6, 6.07) is 0. The molecule has 1 aliphatic rings. The Labute approximate surface area is 131 Å². The molecule has 9 nitrogen and oxygen atoms in total. The maximum Gasteiger partial charge on any atom is 0.256 e. The van der Waals surface area contributed by atoms with Crippen molar-refractivity contribution in [1.29, 1.82) is 0 Å². The number of aromatic amines is 1. The molecule has 2 aromatic heterocycles. The SMILES string of the molecule is C=CC(=O)NCc1cn(Cc2nc3c(c(=O)[nH]2)COCC3)nn1. The van der Waals surface area contributed by atoms with Crippen molar-refractivity contribution < 1.29 is 9.53 Å². The van der Waals surface area contributed by atoms with Gasteiger partial charge in [-0.05, 0) is 6.08 Å². The summed E-state index contributed by atoms with van der Waals surface area (Å²) in [6.45, 7) is 4.80. The predicted molar refractivity (Wildman–Crippen MR) is 79.4 cm³/mol. The average Bonchev–Trinajstić information content (AvgIpc) is 3.00. The molecule has 23 heavy (non-hydrogen) atoms. The average molecular weight is 316 g/mol. The maximum absolute atomic E-state index is 12.0. The van der Waals surface area contributed by atoms with Gasteiger partial charge in [-0.3, -0.25) is 9.59 Å². The van der Waals surface area contributed by atoms with Gasteiger partial charge in [0.1, 0.15) is 18.1 Å². The van der Waals surface area contributed by atoms with Crippen LogP contribution in [0.4, 0.5) is 0 Å². The summed E-state index contributed by atoms with van der Waals surface area (Å²) < 4.78 is 6.82. The van der Waals surface area contributed by atoms with Crippen LogP contribution >= 0.6 is 0 Å². The van der Waals surface area contributed by atoms with Crippen molar-refractivity contribution in [2.45, 2.75) is 26.1 Å². The van der Waals surface area contributed by atoms with Crippen LogP contribution in [0.15, 0.2) is 23.6 Å². The van der Waals surface area contributed by atoms with Crippen molar-refractivity contribution in [3.63, 3.8) is 0 Å². The van der Waals surface area contributed by atoms with Crippen LogP contribution in [-0.2, 0) is 35.6 Å². The minimum atomic E-state index is -0.276. The van der Waals surface area contributed by atoms with Crippen molar-refractivity contribution in [2.75, 3.05) is 6.61 Å². The number of carbonyl (C=O) groups excluding carboxylic acids is 1. The van der Waals surface area contributed by atoms with Crippen LogP contribution in [0.1, 0.15) is 22.8 Å². The molecule has 0 unspecified atom stereocenters. The first-order valence-electron chi connectivity index (χ1n) is 7.13. The molecule has 0 atom stereocenters. The third-order valence-corrected chi connectivity index (χ3v) is 3.41. The molecule has 1 aliphatic heterocycles. The van der Waals surface area contributed by atoms with Gasteiger partial charge in [-0.15, -0.1) is 5.10 Å². The second kappa shape index (κ2) is 6.53. The van der Waals surface area contributed by atoms with Crippen LogP contribution in [-0.4, -0.2) is 37.5 Å². The third kappa shape index (κ3) is 3.51. The van der Waals surface area contributed by atoms with E-state index >= 15 is 0 Å². The van der Waals surface area contributed by atoms with Gasteiger partial charge >= 0.3 is 0 Å². The van der Waals surface area contributed by atoms with E-state index in [0.29, 0.717) is 43.3 Å². The number of ether oxygens (including phenoxy) is 1. The fraction of sp³-hybridized carbons (Fsp3) is 0.357. The second-order valence-electron chi connectivity index (χ2n) is 5.07. The standard InChI is InChI=1S/C14H16N6O3/c1-2-13(21)15-5-9-6-20(19-18-9)7-12-16-11-3-4-23-8-10(11)14(22)17-12/h2,6H,1,3-5,7-8H2,(H,15,21)(H,16,17,22). The Morgan fingerprint density at radius 2 is 2.43 bits per heavy atom. The molecule has 0 aliphatic carbocycles. The first-order valence-corrected chi connectivity index (χ1v) is 7.13. The molecular formula is C14H16N6O3. The monoisotopic (exact) mass is 316 g/mol. The summed E-state index contributed by atoms with van der Waals surface area (Å²) in [7, 11) is 0. The molecule has 3 rings (SSSR count). The smallest absolute Gasteiger partial charge is 0.256 e. The van der Waals surface area contributed by atoms with Crippen LogP contribution in [0.3, 0.4) is 0 Å². The Balaban J connectivity index is 1.71. The Hall–Kier alpha value is -2.81. The number of amides is 1. The Morgan fingerprint density at radius 1 is 1.57 bits per heavy atom.